The molecule has 0 radical (unpaired) electrons. The molecule has 1 aliphatic heterocycles. The molecular formula is C18H37N3O4S. The number of nitrogens with one attached hydrogen (secondary N) is 1. The van der Waals surface area contributed by atoms with Crippen molar-refractivity contribution in [1.82, 2.24) is 14.5 Å². The van der Waals surface area contributed by atoms with Crippen LogP contribution in [0.1, 0.15) is 52.4 Å². The number of hydrogen-bond donors (Lipinski definition) is 1. The molecule has 0 spiro atoms. The topological polar surface area (TPSA) is 79.0 Å². The molecule has 1 rings (SSSR count). The van der Waals surface area contributed by atoms with Gasteiger partial charge < -0.3 is 15.0 Å². The van der Waals surface area contributed by atoms with Crippen molar-refractivity contribution >= 4 is 15.9 Å². The fourth-order valence-corrected chi connectivity index (χ4v) is 4.67. The van der Waals surface area contributed by atoms with Crippen LogP contribution in [0.3, 0.4) is 0 Å². The maximum absolute atomic E-state index is 12.2. The van der Waals surface area contributed by atoms with Crippen LogP contribution in [-0.4, -0.2) is 81.8 Å². The highest BCUT2D eigenvalue weighted by Crippen LogP contribution is 2.14. The summed E-state index contributed by atoms with van der Waals surface area (Å²) in [6, 6.07) is 0. The standard InChI is InChI=1S/C18H37N3O4S/c1-3-20(4-2)14-16-25-15-11-19-18(22)10-6-9-17-26(23,24)21-12-7-5-8-13-21/h3-17H2,1-2H3,(H,19,22). The van der Waals surface area contributed by atoms with Gasteiger partial charge in [0, 0.05) is 32.6 Å². The Kier molecular flexibility index (Phi) is 12.1. The van der Waals surface area contributed by atoms with Crippen LogP contribution >= 0.6 is 0 Å². The smallest absolute Gasteiger partial charge is 0.220 e. The van der Waals surface area contributed by atoms with E-state index in [2.05, 4.69) is 24.1 Å². The molecule has 0 bridgehead atoms. The molecular weight excluding hydrogens is 354 g/mol. The average molecular weight is 392 g/mol. The number of amides is 1. The Bertz CT molecular complexity index is 475. The fourth-order valence-electron chi connectivity index (χ4n) is 3.03. The highest BCUT2D eigenvalue weighted by atomic mass is 32.2. The normalized spacial score (nSPS) is 16.1. The van der Waals surface area contributed by atoms with E-state index in [4.69, 9.17) is 4.74 Å². The monoisotopic (exact) mass is 391 g/mol. The third-order valence-corrected chi connectivity index (χ3v) is 6.74. The zero-order chi connectivity index (χ0) is 19.3. The second kappa shape index (κ2) is 13.5. The molecule has 1 saturated heterocycles. The lowest BCUT2D eigenvalue weighted by molar-refractivity contribution is -0.121. The van der Waals surface area contributed by atoms with Crippen molar-refractivity contribution in [3.63, 3.8) is 0 Å². The molecule has 0 aromatic rings. The highest BCUT2D eigenvalue weighted by Gasteiger charge is 2.23. The fraction of sp³-hybridized carbons (Fsp3) is 0.944. The molecule has 7 nitrogen and oxygen atoms in total. The van der Waals surface area contributed by atoms with Crippen LogP contribution in [0.25, 0.3) is 0 Å². The van der Waals surface area contributed by atoms with Crippen LogP contribution in [-0.2, 0) is 19.6 Å². The van der Waals surface area contributed by atoms with Gasteiger partial charge in [0.2, 0.25) is 15.9 Å². The third kappa shape index (κ3) is 9.85. The summed E-state index contributed by atoms with van der Waals surface area (Å²) in [5.74, 6) is 0.113. The van der Waals surface area contributed by atoms with Gasteiger partial charge in [0.1, 0.15) is 0 Å². The minimum atomic E-state index is -3.14. The van der Waals surface area contributed by atoms with Gasteiger partial charge in [-0.25, -0.2) is 12.7 Å². The van der Waals surface area contributed by atoms with E-state index in [1.165, 1.54) is 0 Å². The molecule has 0 atom stereocenters. The maximum Gasteiger partial charge on any atom is 0.220 e. The van der Waals surface area contributed by atoms with E-state index in [1.807, 2.05) is 0 Å². The first-order valence-corrected chi connectivity index (χ1v) is 11.6. The molecule has 0 aromatic carbocycles. The van der Waals surface area contributed by atoms with Crippen LogP contribution < -0.4 is 5.32 Å². The Balaban J connectivity index is 2.01. The van der Waals surface area contributed by atoms with Gasteiger partial charge in [0.05, 0.1) is 19.0 Å². The zero-order valence-electron chi connectivity index (χ0n) is 16.5. The zero-order valence-corrected chi connectivity index (χ0v) is 17.4. The quantitative estimate of drug-likeness (QED) is 0.453. The number of ether oxygens (including phenoxy) is 1. The average Bonchev–Trinajstić information content (AvgIpc) is 2.65. The number of sulfonamides is 1. The van der Waals surface area contributed by atoms with Gasteiger partial charge in [0.15, 0.2) is 0 Å². The van der Waals surface area contributed by atoms with E-state index < -0.39 is 10.0 Å². The van der Waals surface area contributed by atoms with Crippen LogP contribution in [0.15, 0.2) is 0 Å². The van der Waals surface area contributed by atoms with E-state index in [9.17, 15) is 13.2 Å². The van der Waals surface area contributed by atoms with E-state index in [-0.39, 0.29) is 11.7 Å². The minimum absolute atomic E-state index is 0.0345. The lowest BCUT2D eigenvalue weighted by atomic mass is 10.2. The number of hydrogen-bond acceptors (Lipinski definition) is 5. The second-order valence-electron chi connectivity index (χ2n) is 6.72. The summed E-state index contributed by atoms with van der Waals surface area (Å²) in [6.07, 6.45) is 4.53. The molecule has 1 fully saturated rings. The van der Waals surface area contributed by atoms with Crippen molar-refractivity contribution in [2.24, 2.45) is 0 Å². The van der Waals surface area contributed by atoms with E-state index >= 15 is 0 Å². The number of likely N-dealkylation sites (N-methyl/N-ethyl adjacent to an activating group) is 1. The van der Waals surface area contributed by atoms with Crippen molar-refractivity contribution in [3.8, 4) is 0 Å². The molecule has 0 aromatic heterocycles. The van der Waals surface area contributed by atoms with Crippen LogP contribution in [0.4, 0.5) is 0 Å². The van der Waals surface area contributed by atoms with Crippen molar-refractivity contribution in [2.45, 2.75) is 52.4 Å². The van der Waals surface area contributed by atoms with Crippen LogP contribution in [0.5, 0.6) is 0 Å². The molecule has 1 aliphatic rings. The first-order chi connectivity index (χ1) is 12.5. The Morgan fingerprint density at radius 3 is 2.42 bits per heavy atom. The van der Waals surface area contributed by atoms with Gasteiger partial charge in [-0.05, 0) is 38.8 Å². The van der Waals surface area contributed by atoms with E-state index in [0.29, 0.717) is 52.1 Å². The molecule has 1 N–H and O–H groups in total. The first-order valence-electron chi connectivity index (χ1n) is 10.0. The SMILES string of the molecule is CCN(CC)CCOCCNC(=O)CCCCS(=O)(=O)N1CCCCC1. The van der Waals surface area contributed by atoms with Crippen molar-refractivity contribution in [2.75, 3.05) is 58.2 Å². The van der Waals surface area contributed by atoms with Gasteiger partial charge in [-0.1, -0.05) is 20.3 Å². The predicted molar refractivity (Wildman–Crippen MR) is 105 cm³/mol. The first kappa shape index (κ1) is 23.3. The molecule has 1 amide bonds. The molecule has 26 heavy (non-hydrogen) atoms. The summed E-state index contributed by atoms with van der Waals surface area (Å²) in [7, 11) is -3.14. The summed E-state index contributed by atoms with van der Waals surface area (Å²) in [5.41, 5.74) is 0. The number of rotatable bonds is 14. The van der Waals surface area contributed by atoms with Gasteiger partial charge in [-0.15, -0.1) is 0 Å². The maximum atomic E-state index is 12.2. The lowest BCUT2D eigenvalue weighted by Gasteiger charge is -2.25. The van der Waals surface area contributed by atoms with Gasteiger partial charge in [0.25, 0.3) is 0 Å². The molecule has 8 heteroatoms. The highest BCUT2D eigenvalue weighted by molar-refractivity contribution is 7.89. The van der Waals surface area contributed by atoms with Crippen molar-refractivity contribution in [3.05, 3.63) is 0 Å². The van der Waals surface area contributed by atoms with E-state index in [0.717, 1.165) is 38.9 Å². The predicted octanol–water partition coefficient (Wildman–Crippen LogP) is 1.45. The van der Waals surface area contributed by atoms with Crippen molar-refractivity contribution < 1.29 is 17.9 Å². The number of carbonyl (C=O) groups is 1. The van der Waals surface area contributed by atoms with Gasteiger partial charge in [-0.3, -0.25) is 4.79 Å². The Morgan fingerprint density at radius 2 is 1.77 bits per heavy atom. The summed E-state index contributed by atoms with van der Waals surface area (Å²) in [4.78, 5) is 14.1. The Hall–Kier alpha value is -0.700. The number of unbranched alkanes of at least 4 members (excludes halogenated alkanes) is 1. The largest absolute Gasteiger partial charge is 0.378 e. The molecule has 0 saturated carbocycles. The third-order valence-electron chi connectivity index (χ3n) is 4.78. The van der Waals surface area contributed by atoms with Crippen molar-refractivity contribution in [1.29, 1.82) is 0 Å². The summed E-state index contributed by atoms with van der Waals surface area (Å²) in [5, 5.41) is 2.82. The number of nitrogens with zero attached hydrogens (tertiary/aromatic N) is 2. The van der Waals surface area contributed by atoms with Crippen LogP contribution in [0.2, 0.25) is 0 Å². The van der Waals surface area contributed by atoms with Crippen LogP contribution in [0, 0.1) is 0 Å². The Labute approximate surface area is 159 Å². The van der Waals surface area contributed by atoms with Gasteiger partial charge in [-0.2, -0.15) is 0 Å². The summed E-state index contributed by atoms with van der Waals surface area (Å²) in [6.45, 7) is 10.2. The molecule has 1 heterocycles. The lowest BCUT2D eigenvalue weighted by Crippen LogP contribution is -2.37. The second-order valence-corrected chi connectivity index (χ2v) is 8.81. The van der Waals surface area contributed by atoms with E-state index in [1.54, 1.807) is 4.31 Å². The minimum Gasteiger partial charge on any atom is -0.378 e. The summed E-state index contributed by atoms with van der Waals surface area (Å²) < 4.78 is 31.5. The molecule has 154 valence electrons. The molecule has 0 aliphatic carbocycles. The number of carbonyl (C=O) groups excluding carboxylic acids is 1. The number of piperidine rings is 1. The summed E-state index contributed by atoms with van der Waals surface area (Å²) >= 11 is 0. The molecule has 0 unspecified atom stereocenters. The Morgan fingerprint density at radius 1 is 1.08 bits per heavy atom. The van der Waals surface area contributed by atoms with Gasteiger partial charge >= 0.3 is 0 Å².